The van der Waals surface area contributed by atoms with Gasteiger partial charge in [0.25, 0.3) is 5.91 Å². The Labute approximate surface area is 126 Å². The highest BCUT2D eigenvalue weighted by Gasteiger charge is 2.20. The lowest BCUT2D eigenvalue weighted by Gasteiger charge is -2.21. The van der Waals surface area contributed by atoms with Crippen LogP contribution >= 0.6 is 11.6 Å². The van der Waals surface area contributed by atoms with Crippen LogP contribution in [-0.2, 0) is 6.54 Å². The van der Waals surface area contributed by atoms with Crippen molar-refractivity contribution < 1.29 is 13.6 Å². The van der Waals surface area contributed by atoms with E-state index in [2.05, 4.69) is 0 Å². The number of furan rings is 1. The summed E-state index contributed by atoms with van der Waals surface area (Å²) >= 11 is 5.80. The molecule has 0 bridgehead atoms. The molecular weight excluding hydrogens is 295 g/mol. The molecule has 21 heavy (non-hydrogen) atoms. The molecule has 6 heteroatoms. The lowest BCUT2D eigenvalue weighted by Crippen LogP contribution is -2.32. The highest BCUT2D eigenvalue weighted by molar-refractivity contribution is 6.31. The van der Waals surface area contributed by atoms with E-state index in [9.17, 15) is 9.18 Å². The van der Waals surface area contributed by atoms with Crippen molar-refractivity contribution in [2.45, 2.75) is 13.0 Å². The molecular formula is C15H12ClFN2O2. The van der Waals surface area contributed by atoms with Gasteiger partial charge in [-0.2, -0.15) is 5.26 Å². The number of nitriles is 1. The summed E-state index contributed by atoms with van der Waals surface area (Å²) in [6, 6.07) is 9.17. The predicted molar refractivity (Wildman–Crippen MR) is 75.1 cm³/mol. The molecule has 0 spiro atoms. The molecule has 1 aromatic carbocycles. The third-order valence-electron chi connectivity index (χ3n) is 2.87. The van der Waals surface area contributed by atoms with Crippen LogP contribution in [-0.4, -0.2) is 17.4 Å². The summed E-state index contributed by atoms with van der Waals surface area (Å²) in [5.74, 6) is -0.615. The van der Waals surface area contributed by atoms with Crippen molar-refractivity contribution >= 4 is 17.5 Å². The van der Waals surface area contributed by atoms with Gasteiger partial charge in [0, 0.05) is 11.6 Å². The van der Waals surface area contributed by atoms with Crippen LogP contribution in [0.1, 0.15) is 22.5 Å². The van der Waals surface area contributed by atoms with E-state index in [0.717, 1.165) is 6.07 Å². The maximum Gasteiger partial charge on any atom is 0.257 e. The highest BCUT2D eigenvalue weighted by Crippen LogP contribution is 2.18. The number of hydrogen-bond donors (Lipinski definition) is 0. The van der Waals surface area contributed by atoms with Crippen LogP contribution in [0.2, 0.25) is 5.02 Å². The molecule has 0 saturated heterocycles. The summed E-state index contributed by atoms with van der Waals surface area (Å²) in [4.78, 5) is 13.8. The second kappa shape index (κ2) is 6.91. The molecule has 0 aliphatic rings. The van der Waals surface area contributed by atoms with Crippen molar-refractivity contribution in [2.75, 3.05) is 6.54 Å². The minimum Gasteiger partial charge on any atom is -0.467 e. The molecule has 1 aromatic heterocycles. The Kier molecular flexibility index (Phi) is 4.96. The van der Waals surface area contributed by atoms with E-state index in [0.29, 0.717) is 5.76 Å². The number of carbonyl (C=O) groups is 1. The fourth-order valence-corrected chi connectivity index (χ4v) is 2.03. The molecule has 0 fully saturated rings. The quantitative estimate of drug-likeness (QED) is 0.847. The first-order valence-electron chi connectivity index (χ1n) is 6.25. The van der Waals surface area contributed by atoms with Gasteiger partial charge < -0.3 is 9.32 Å². The maximum atomic E-state index is 13.8. The average Bonchev–Trinajstić information content (AvgIpc) is 2.98. The van der Waals surface area contributed by atoms with E-state index in [4.69, 9.17) is 21.3 Å². The van der Waals surface area contributed by atoms with Crippen molar-refractivity contribution in [3.05, 3.63) is 58.8 Å². The summed E-state index contributed by atoms with van der Waals surface area (Å²) < 4.78 is 19.0. The van der Waals surface area contributed by atoms with E-state index in [1.807, 2.05) is 6.07 Å². The van der Waals surface area contributed by atoms with Gasteiger partial charge >= 0.3 is 0 Å². The van der Waals surface area contributed by atoms with E-state index in [-0.39, 0.29) is 30.1 Å². The summed E-state index contributed by atoms with van der Waals surface area (Å²) in [5.41, 5.74) is -0.119. The van der Waals surface area contributed by atoms with E-state index >= 15 is 0 Å². The van der Waals surface area contributed by atoms with E-state index in [1.54, 1.807) is 12.1 Å². The Hall–Kier alpha value is -2.32. The van der Waals surface area contributed by atoms with Crippen molar-refractivity contribution in [2.24, 2.45) is 0 Å². The van der Waals surface area contributed by atoms with Crippen molar-refractivity contribution in [3.63, 3.8) is 0 Å². The summed E-state index contributed by atoms with van der Waals surface area (Å²) in [5, 5.41) is 8.96. The van der Waals surface area contributed by atoms with Crippen LogP contribution in [0.4, 0.5) is 4.39 Å². The fourth-order valence-electron chi connectivity index (χ4n) is 1.86. The highest BCUT2D eigenvalue weighted by atomic mass is 35.5. The van der Waals surface area contributed by atoms with Crippen LogP contribution in [0.3, 0.4) is 0 Å². The van der Waals surface area contributed by atoms with Gasteiger partial charge in [0.05, 0.1) is 30.9 Å². The van der Waals surface area contributed by atoms with Gasteiger partial charge in [0.2, 0.25) is 0 Å². The number of nitrogens with zero attached hydrogens (tertiary/aromatic N) is 2. The second-order valence-electron chi connectivity index (χ2n) is 4.34. The summed E-state index contributed by atoms with van der Waals surface area (Å²) in [6.07, 6.45) is 1.64. The van der Waals surface area contributed by atoms with Crippen LogP contribution in [0.5, 0.6) is 0 Å². The van der Waals surface area contributed by atoms with Gasteiger partial charge in [0.15, 0.2) is 0 Å². The zero-order chi connectivity index (χ0) is 15.2. The third kappa shape index (κ3) is 3.83. The van der Waals surface area contributed by atoms with Crippen LogP contribution in [0, 0.1) is 17.1 Å². The monoisotopic (exact) mass is 306 g/mol. The molecule has 0 aliphatic heterocycles. The molecule has 0 unspecified atom stereocenters. The van der Waals surface area contributed by atoms with Gasteiger partial charge in [-0.25, -0.2) is 4.39 Å². The van der Waals surface area contributed by atoms with Gasteiger partial charge in [-0.05, 0) is 30.3 Å². The number of halogens is 2. The molecule has 4 nitrogen and oxygen atoms in total. The zero-order valence-electron chi connectivity index (χ0n) is 11.1. The normalized spacial score (nSPS) is 10.1. The first-order chi connectivity index (χ1) is 10.1. The minimum atomic E-state index is -0.647. The summed E-state index contributed by atoms with van der Waals surface area (Å²) in [6.45, 7) is 0.349. The largest absolute Gasteiger partial charge is 0.467 e. The van der Waals surface area contributed by atoms with Crippen molar-refractivity contribution in [1.29, 1.82) is 5.26 Å². The standard InChI is InChI=1S/C15H12ClFN2O2/c16-11-4-5-14(17)13(9-11)15(20)19(7-2-6-18)10-12-3-1-8-21-12/h1,3-5,8-9H,2,7,10H2. The predicted octanol–water partition coefficient (Wildman–Crippen LogP) is 3.63. The molecule has 0 radical (unpaired) electrons. The average molecular weight is 307 g/mol. The number of amides is 1. The van der Waals surface area contributed by atoms with Crippen molar-refractivity contribution in [3.8, 4) is 6.07 Å². The number of hydrogen-bond acceptors (Lipinski definition) is 3. The lowest BCUT2D eigenvalue weighted by atomic mass is 10.1. The molecule has 0 atom stereocenters. The zero-order valence-corrected chi connectivity index (χ0v) is 11.8. The van der Waals surface area contributed by atoms with Gasteiger partial charge in [-0.15, -0.1) is 0 Å². The smallest absolute Gasteiger partial charge is 0.257 e. The van der Waals surface area contributed by atoms with Crippen LogP contribution in [0.25, 0.3) is 0 Å². The van der Waals surface area contributed by atoms with Crippen molar-refractivity contribution in [1.82, 2.24) is 4.90 Å². The third-order valence-corrected chi connectivity index (χ3v) is 3.10. The van der Waals surface area contributed by atoms with Gasteiger partial charge in [-0.3, -0.25) is 4.79 Å². The molecule has 2 rings (SSSR count). The van der Waals surface area contributed by atoms with Gasteiger partial charge in [0.1, 0.15) is 11.6 Å². The number of benzene rings is 1. The lowest BCUT2D eigenvalue weighted by molar-refractivity contribution is 0.0730. The Bertz CT molecular complexity index is 665. The Morgan fingerprint density at radius 3 is 2.90 bits per heavy atom. The summed E-state index contributed by atoms with van der Waals surface area (Å²) in [7, 11) is 0. The number of rotatable bonds is 5. The Morgan fingerprint density at radius 2 is 2.24 bits per heavy atom. The first kappa shape index (κ1) is 15.1. The molecule has 1 amide bonds. The molecule has 108 valence electrons. The fraction of sp³-hybridized carbons (Fsp3) is 0.200. The topological polar surface area (TPSA) is 57.2 Å². The van der Waals surface area contributed by atoms with Crippen LogP contribution in [0.15, 0.2) is 41.0 Å². The molecule has 0 N–H and O–H groups in total. The van der Waals surface area contributed by atoms with E-state index in [1.165, 1.54) is 23.3 Å². The first-order valence-corrected chi connectivity index (χ1v) is 6.63. The maximum absolute atomic E-state index is 13.8. The Morgan fingerprint density at radius 1 is 1.43 bits per heavy atom. The SMILES string of the molecule is N#CCCN(Cc1ccco1)C(=O)c1cc(Cl)ccc1F. The Balaban J connectivity index is 2.24. The minimum absolute atomic E-state index is 0.119. The molecule has 2 aromatic rings. The molecule has 0 aliphatic carbocycles. The van der Waals surface area contributed by atoms with Gasteiger partial charge in [-0.1, -0.05) is 11.6 Å². The molecule has 1 heterocycles. The number of carbonyl (C=O) groups excluding carboxylic acids is 1. The second-order valence-corrected chi connectivity index (χ2v) is 4.77. The van der Waals surface area contributed by atoms with E-state index < -0.39 is 11.7 Å². The van der Waals surface area contributed by atoms with Crippen LogP contribution < -0.4 is 0 Å². The molecule has 0 saturated carbocycles.